The van der Waals surface area contributed by atoms with Crippen molar-refractivity contribution in [2.24, 2.45) is 0 Å². The van der Waals surface area contributed by atoms with Crippen LogP contribution >= 0.6 is 11.6 Å². The maximum absolute atomic E-state index is 12.5. The number of nitrogens with zero attached hydrogens (tertiary/aromatic N) is 5. The summed E-state index contributed by atoms with van der Waals surface area (Å²) in [5.74, 6) is 1.16. The molecule has 0 bridgehead atoms. The Bertz CT molecular complexity index is 1140. The van der Waals surface area contributed by atoms with E-state index in [1.165, 1.54) is 10.9 Å². The normalized spacial score (nSPS) is 12.4. The Kier molecular flexibility index (Phi) is 4.68. The van der Waals surface area contributed by atoms with Crippen LogP contribution in [-0.4, -0.2) is 24.7 Å². The molecule has 4 aromatic rings. The SMILES string of the molecule is CC(Cc1nc(Cn2cnc3ncccc3c2=O)no1)c1ccc(Cl)cc1. The van der Waals surface area contributed by atoms with Gasteiger partial charge in [-0.1, -0.05) is 35.8 Å². The van der Waals surface area contributed by atoms with Gasteiger partial charge in [-0.3, -0.25) is 9.36 Å². The molecule has 1 atom stereocenters. The molecule has 4 rings (SSSR count). The van der Waals surface area contributed by atoms with Crippen LogP contribution in [0.1, 0.15) is 30.1 Å². The minimum Gasteiger partial charge on any atom is -0.339 e. The van der Waals surface area contributed by atoms with Gasteiger partial charge < -0.3 is 4.52 Å². The summed E-state index contributed by atoms with van der Waals surface area (Å²) in [5.41, 5.74) is 1.37. The molecular weight excluding hydrogens is 366 g/mol. The van der Waals surface area contributed by atoms with Gasteiger partial charge >= 0.3 is 0 Å². The average molecular weight is 382 g/mol. The number of pyridine rings is 1. The van der Waals surface area contributed by atoms with Crippen LogP contribution in [-0.2, 0) is 13.0 Å². The van der Waals surface area contributed by atoms with Crippen LogP contribution in [0.5, 0.6) is 0 Å². The van der Waals surface area contributed by atoms with Crippen molar-refractivity contribution in [1.29, 1.82) is 0 Å². The summed E-state index contributed by atoms with van der Waals surface area (Å²) in [4.78, 5) is 25.2. The predicted molar refractivity (Wildman–Crippen MR) is 101 cm³/mol. The van der Waals surface area contributed by atoms with Crippen molar-refractivity contribution < 1.29 is 4.52 Å². The molecule has 0 N–H and O–H groups in total. The summed E-state index contributed by atoms with van der Waals surface area (Å²) >= 11 is 5.93. The van der Waals surface area contributed by atoms with E-state index in [2.05, 4.69) is 27.0 Å². The number of aromatic nitrogens is 5. The molecule has 0 fully saturated rings. The molecule has 136 valence electrons. The summed E-state index contributed by atoms with van der Waals surface area (Å²) in [6.45, 7) is 2.27. The van der Waals surface area contributed by atoms with Crippen LogP contribution in [0, 0.1) is 0 Å². The Morgan fingerprint density at radius 3 is 2.81 bits per heavy atom. The standard InChI is InChI=1S/C19H16ClN5O2/c1-12(13-4-6-14(20)7-5-13)9-17-23-16(24-27-17)10-25-11-22-18-15(19(25)26)3-2-8-21-18/h2-8,11-12H,9-10H2,1H3. The average Bonchev–Trinajstić information content (AvgIpc) is 3.11. The number of fused-ring (bicyclic) bond motifs is 1. The molecule has 0 saturated heterocycles. The third-order valence-corrected chi connectivity index (χ3v) is 4.59. The molecule has 3 heterocycles. The van der Waals surface area contributed by atoms with Crippen LogP contribution in [0.25, 0.3) is 11.0 Å². The van der Waals surface area contributed by atoms with Crippen molar-refractivity contribution in [2.75, 3.05) is 0 Å². The molecule has 0 amide bonds. The Labute approximate surface area is 159 Å². The molecule has 7 nitrogen and oxygen atoms in total. The lowest BCUT2D eigenvalue weighted by Gasteiger charge is -2.08. The first-order valence-corrected chi connectivity index (χ1v) is 8.85. The number of hydrogen-bond acceptors (Lipinski definition) is 6. The van der Waals surface area contributed by atoms with Crippen LogP contribution in [0.2, 0.25) is 5.02 Å². The Morgan fingerprint density at radius 2 is 2.00 bits per heavy atom. The highest BCUT2D eigenvalue weighted by molar-refractivity contribution is 6.30. The minimum absolute atomic E-state index is 0.186. The maximum Gasteiger partial charge on any atom is 0.263 e. The predicted octanol–water partition coefficient (Wildman–Crippen LogP) is 3.22. The van der Waals surface area contributed by atoms with E-state index in [4.69, 9.17) is 16.1 Å². The fourth-order valence-electron chi connectivity index (χ4n) is 2.87. The second kappa shape index (κ2) is 7.28. The lowest BCUT2D eigenvalue weighted by atomic mass is 9.98. The van der Waals surface area contributed by atoms with Gasteiger partial charge in [0.15, 0.2) is 11.5 Å². The van der Waals surface area contributed by atoms with Crippen molar-refractivity contribution in [3.8, 4) is 0 Å². The quantitative estimate of drug-likeness (QED) is 0.527. The van der Waals surface area contributed by atoms with Gasteiger partial charge in [0.25, 0.3) is 5.56 Å². The second-order valence-electron chi connectivity index (χ2n) is 6.31. The van der Waals surface area contributed by atoms with Gasteiger partial charge in [-0.2, -0.15) is 4.98 Å². The van der Waals surface area contributed by atoms with Crippen molar-refractivity contribution >= 4 is 22.6 Å². The first-order valence-electron chi connectivity index (χ1n) is 8.47. The van der Waals surface area contributed by atoms with Crippen molar-refractivity contribution in [2.45, 2.75) is 25.8 Å². The Morgan fingerprint density at radius 1 is 1.19 bits per heavy atom. The van der Waals surface area contributed by atoms with E-state index in [0.29, 0.717) is 34.2 Å². The summed E-state index contributed by atoms with van der Waals surface area (Å²) < 4.78 is 6.79. The van der Waals surface area contributed by atoms with Crippen LogP contribution < -0.4 is 5.56 Å². The minimum atomic E-state index is -0.186. The van der Waals surface area contributed by atoms with E-state index in [0.717, 1.165) is 5.56 Å². The van der Waals surface area contributed by atoms with Crippen molar-refractivity contribution in [3.63, 3.8) is 0 Å². The molecule has 0 radical (unpaired) electrons. The Balaban J connectivity index is 1.50. The molecule has 0 spiro atoms. The molecule has 0 saturated carbocycles. The zero-order valence-corrected chi connectivity index (χ0v) is 15.3. The monoisotopic (exact) mass is 381 g/mol. The van der Waals surface area contributed by atoms with Crippen molar-refractivity contribution in [3.05, 3.63) is 81.6 Å². The highest BCUT2D eigenvalue weighted by atomic mass is 35.5. The van der Waals surface area contributed by atoms with Gasteiger partial charge in [0, 0.05) is 17.6 Å². The first-order chi connectivity index (χ1) is 13.1. The van der Waals surface area contributed by atoms with E-state index < -0.39 is 0 Å². The van der Waals surface area contributed by atoms with E-state index in [1.54, 1.807) is 18.3 Å². The van der Waals surface area contributed by atoms with E-state index in [1.807, 2.05) is 24.3 Å². The van der Waals surface area contributed by atoms with Gasteiger partial charge in [0.05, 0.1) is 11.9 Å². The Hall–Kier alpha value is -3.06. The van der Waals surface area contributed by atoms with Crippen molar-refractivity contribution in [1.82, 2.24) is 24.7 Å². The van der Waals surface area contributed by atoms with Gasteiger partial charge in [-0.25, -0.2) is 9.97 Å². The topological polar surface area (TPSA) is 86.7 Å². The number of benzene rings is 1. The fourth-order valence-corrected chi connectivity index (χ4v) is 3.00. The summed E-state index contributed by atoms with van der Waals surface area (Å²) in [6.07, 6.45) is 3.65. The largest absolute Gasteiger partial charge is 0.339 e. The smallest absolute Gasteiger partial charge is 0.263 e. The van der Waals surface area contributed by atoms with Crippen LogP contribution in [0.15, 0.2) is 58.2 Å². The molecule has 8 heteroatoms. The number of rotatable bonds is 5. The fraction of sp³-hybridized carbons (Fsp3) is 0.211. The third-order valence-electron chi connectivity index (χ3n) is 4.34. The van der Waals surface area contributed by atoms with Gasteiger partial charge in [-0.05, 0) is 35.7 Å². The van der Waals surface area contributed by atoms with Gasteiger partial charge in [0.1, 0.15) is 6.33 Å². The second-order valence-corrected chi connectivity index (χ2v) is 6.75. The molecule has 1 aromatic carbocycles. The van der Waals surface area contributed by atoms with E-state index >= 15 is 0 Å². The highest BCUT2D eigenvalue weighted by Gasteiger charge is 2.14. The van der Waals surface area contributed by atoms with Crippen LogP contribution in [0.3, 0.4) is 0 Å². The molecule has 1 unspecified atom stereocenters. The van der Waals surface area contributed by atoms with Gasteiger partial charge in [0.2, 0.25) is 5.89 Å². The number of halogens is 1. The lowest BCUT2D eigenvalue weighted by molar-refractivity contribution is 0.365. The summed E-state index contributed by atoms with van der Waals surface area (Å²) in [5, 5.41) is 5.15. The number of hydrogen-bond donors (Lipinski definition) is 0. The molecule has 27 heavy (non-hydrogen) atoms. The zero-order valence-electron chi connectivity index (χ0n) is 14.5. The van der Waals surface area contributed by atoms with Gasteiger partial charge in [-0.15, -0.1) is 0 Å². The first kappa shape index (κ1) is 17.4. The summed E-state index contributed by atoms with van der Waals surface area (Å²) in [7, 11) is 0. The maximum atomic E-state index is 12.5. The summed E-state index contributed by atoms with van der Waals surface area (Å²) in [6, 6.07) is 11.1. The molecule has 0 aliphatic heterocycles. The van der Waals surface area contributed by atoms with Crippen LogP contribution in [0.4, 0.5) is 0 Å². The zero-order chi connectivity index (χ0) is 18.8. The highest BCUT2D eigenvalue weighted by Crippen LogP contribution is 2.21. The molecule has 0 aliphatic carbocycles. The van der Waals surface area contributed by atoms with E-state index in [-0.39, 0.29) is 18.0 Å². The third kappa shape index (κ3) is 3.73. The molecule has 3 aromatic heterocycles. The molecule has 0 aliphatic rings. The van der Waals surface area contributed by atoms with E-state index in [9.17, 15) is 4.79 Å². The lowest BCUT2D eigenvalue weighted by Crippen LogP contribution is -2.22. The molecular formula is C19H16ClN5O2.